The summed E-state index contributed by atoms with van der Waals surface area (Å²) in [5.41, 5.74) is 2.26. The van der Waals surface area contributed by atoms with Crippen molar-refractivity contribution < 1.29 is 17.6 Å². The third kappa shape index (κ3) is 5.66. The maximum absolute atomic E-state index is 14.9. The molecule has 10 nitrogen and oxygen atoms in total. The van der Waals surface area contributed by atoms with Gasteiger partial charge in [0.15, 0.2) is 15.7 Å². The van der Waals surface area contributed by atoms with Gasteiger partial charge in [0.25, 0.3) is 0 Å². The molecule has 1 saturated heterocycles. The fourth-order valence-corrected chi connectivity index (χ4v) is 5.65. The second kappa shape index (κ2) is 11.1. The van der Waals surface area contributed by atoms with Crippen LogP contribution in [0.4, 0.5) is 21.7 Å². The largest absolute Gasteiger partial charge is 0.359 e. The predicted molar refractivity (Wildman–Crippen MR) is 154 cm³/mol. The molecule has 13 heteroatoms. The van der Waals surface area contributed by atoms with Gasteiger partial charge in [-0.25, -0.2) is 22.8 Å². The lowest BCUT2D eigenvalue weighted by atomic mass is 10.1. The Balaban J connectivity index is 1.42. The number of hydrogen-bond acceptors (Lipinski definition) is 8. The van der Waals surface area contributed by atoms with Crippen molar-refractivity contribution in [3.8, 4) is 11.3 Å². The molecule has 0 radical (unpaired) electrons. The molecule has 1 atom stereocenters. The highest BCUT2D eigenvalue weighted by atomic mass is 35.5. The number of piperazine rings is 1. The quantitative estimate of drug-likeness (QED) is 0.296. The van der Waals surface area contributed by atoms with Crippen molar-refractivity contribution in [2.24, 2.45) is 0 Å². The summed E-state index contributed by atoms with van der Waals surface area (Å²) in [6, 6.07) is 9.26. The molecule has 0 bridgehead atoms. The van der Waals surface area contributed by atoms with Gasteiger partial charge in [-0.15, -0.1) is 0 Å². The second-order valence-electron chi connectivity index (χ2n) is 9.84. The molecule has 1 fully saturated rings. The highest BCUT2D eigenvalue weighted by Gasteiger charge is 2.25. The van der Waals surface area contributed by atoms with Gasteiger partial charge >= 0.3 is 0 Å². The normalized spacial score (nSPS) is 15.7. The number of aromatic amines is 1. The summed E-state index contributed by atoms with van der Waals surface area (Å²) in [7, 11) is -1.69. The smallest absolute Gasteiger partial charge is 0.241 e. The third-order valence-corrected chi connectivity index (χ3v) is 8.44. The van der Waals surface area contributed by atoms with Crippen LogP contribution in [-0.4, -0.2) is 84.6 Å². The van der Waals surface area contributed by atoms with Crippen molar-refractivity contribution in [3.05, 3.63) is 59.6 Å². The SMILES string of the molecule is C[C@H](C(=O)Nc1cccc2c(-c3nc(Nc4cccc(S(C)(=O)=O)c4F)ncc3Cl)c[nH]c12)N1CCN(C)CC1. The number of aromatic nitrogens is 3. The summed E-state index contributed by atoms with van der Waals surface area (Å²) in [6.07, 6.45) is 4.05. The minimum absolute atomic E-state index is 0.0313. The molecule has 2 aromatic carbocycles. The molecule has 0 saturated carbocycles. The van der Waals surface area contributed by atoms with E-state index in [2.05, 4.69) is 42.4 Å². The number of sulfone groups is 1. The first-order valence-corrected chi connectivity index (χ1v) is 14.9. The molecule has 2 aromatic heterocycles. The van der Waals surface area contributed by atoms with E-state index in [1.54, 1.807) is 6.20 Å². The first kappa shape index (κ1) is 28.0. The van der Waals surface area contributed by atoms with Gasteiger partial charge in [-0.3, -0.25) is 9.69 Å². The Morgan fingerprint density at radius 3 is 2.55 bits per heavy atom. The number of likely N-dealkylation sites (N-methyl/N-ethyl adjacent to an activating group) is 1. The van der Waals surface area contributed by atoms with E-state index in [0.29, 0.717) is 22.5 Å². The second-order valence-corrected chi connectivity index (χ2v) is 12.2. The maximum atomic E-state index is 14.9. The average molecular weight is 586 g/mol. The Bertz CT molecular complexity index is 1690. The molecular formula is C27H29ClFN7O3S. The van der Waals surface area contributed by atoms with Crippen LogP contribution in [0.2, 0.25) is 5.02 Å². The minimum atomic E-state index is -3.77. The number of fused-ring (bicyclic) bond motifs is 1. The van der Waals surface area contributed by atoms with Crippen LogP contribution < -0.4 is 10.6 Å². The number of carbonyl (C=O) groups excluding carboxylic acids is 1. The van der Waals surface area contributed by atoms with Crippen molar-refractivity contribution in [1.29, 1.82) is 0 Å². The molecule has 5 rings (SSSR count). The summed E-state index contributed by atoms with van der Waals surface area (Å²) in [5, 5.41) is 6.82. The van der Waals surface area contributed by atoms with Crippen LogP contribution in [0.15, 0.2) is 53.7 Å². The molecule has 3 heterocycles. The van der Waals surface area contributed by atoms with Gasteiger partial charge in [0, 0.05) is 49.6 Å². The van der Waals surface area contributed by atoms with Gasteiger partial charge in [0.05, 0.1) is 39.8 Å². The number of H-pyrrole nitrogens is 1. The van der Waals surface area contributed by atoms with Crippen LogP contribution in [-0.2, 0) is 14.6 Å². The summed E-state index contributed by atoms with van der Waals surface area (Å²) >= 11 is 6.47. The van der Waals surface area contributed by atoms with Gasteiger partial charge in [-0.1, -0.05) is 29.8 Å². The van der Waals surface area contributed by atoms with Crippen LogP contribution in [0.25, 0.3) is 22.2 Å². The maximum Gasteiger partial charge on any atom is 0.241 e. The van der Waals surface area contributed by atoms with E-state index >= 15 is 0 Å². The molecule has 0 spiro atoms. The molecule has 0 aliphatic carbocycles. The number of halogens is 2. The molecule has 1 aliphatic heterocycles. The van der Waals surface area contributed by atoms with Gasteiger partial charge in [-0.2, -0.15) is 0 Å². The number of carbonyl (C=O) groups is 1. The fraction of sp³-hybridized carbons (Fsp3) is 0.296. The lowest BCUT2D eigenvalue weighted by Gasteiger charge is -2.35. The Kier molecular flexibility index (Phi) is 7.78. The summed E-state index contributed by atoms with van der Waals surface area (Å²) in [6.45, 7) is 5.39. The molecule has 3 N–H and O–H groups in total. The monoisotopic (exact) mass is 585 g/mol. The number of amides is 1. The van der Waals surface area contributed by atoms with Crippen molar-refractivity contribution in [2.75, 3.05) is 50.1 Å². The number of anilines is 3. The van der Waals surface area contributed by atoms with E-state index in [1.165, 1.54) is 24.4 Å². The number of para-hydroxylation sites is 1. The summed E-state index contributed by atoms with van der Waals surface area (Å²) < 4.78 is 38.7. The Morgan fingerprint density at radius 1 is 1.12 bits per heavy atom. The Morgan fingerprint density at radius 2 is 1.82 bits per heavy atom. The average Bonchev–Trinajstić information content (AvgIpc) is 3.35. The van der Waals surface area contributed by atoms with E-state index in [-0.39, 0.29) is 28.6 Å². The van der Waals surface area contributed by atoms with Crippen LogP contribution in [0.5, 0.6) is 0 Å². The van der Waals surface area contributed by atoms with Crippen molar-refractivity contribution in [3.63, 3.8) is 0 Å². The Hall–Kier alpha value is -3.58. The standard InChI is InChI=1S/C27H29ClFN7O3S/c1-16(36-12-10-35(2)11-13-36)26(37)32-21-8-4-6-17-18(14-30-25(17)21)24-19(28)15-31-27(34-24)33-20-7-5-9-22(23(20)29)40(3,38)39/h4-9,14-16,30H,10-13H2,1-3H3,(H,32,37)(H,31,33,34)/t16-/m1/s1. The van der Waals surface area contributed by atoms with Crippen LogP contribution >= 0.6 is 11.6 Å². The van der Waals surface area contributed by atoms with E-state index in [9.17, 15) is 17.6 Å². The summed E-state index contributed by atoms with van der Waals surface area (Å²) in [4.78, 5) is 28.9. The molecule has 210 valence electrons. The van der Waals surface area contributed by atoms with Crippen LogP contribution in [0.1, 0.15) is 6.92 Å². The molecule has 1 aliphatic rings. The third-order valence-electron chi connectivity index (χ3n) is 7.05. The van der Waals surface area contributed by atoms with E-state index in [1.807, 2.05) is 25.1 Å². The van der Waals surface area contributed by atoms with Crippen LogP contribution in [0, 0.1) is 5.82 Å². The number of nitrogens with one attached hydrogen (secondary N) is 3. The first-order chi connectivity index (χ1) is 19.0. The predicted octanol–water partition coefficient (Wildman–Crippen LogP) is 4.14. The Labute approximate surface area is 236 Å². The highest BCUT2D eigenvalue weighted by molar-refractivity contribution is 7.90. The highest BCUT2D eigenvalue weighted by Crippen LogP contribution is 2.35. The zero-order valence-corrected chi connectivity index (χ0v) is 23.8. The topological polar surface area (TPSA) is 123 Å². The van der Waals surface area contributed by atoms with Crippen LogP contribution in [0.3, 0.4) is 0 Å². The number of hydrogen-bond donors (Lipinski definition) is 3. The zero-order valence-electron chi connectivity index (χ0n) is 22.2. The van der Waals surface area contributed by atoms with Crippen molar-refractivity contribution in [2.45, 2.75) is 17.9 Å². The van der Waals surface area contributed by atoms with Gasteiger partial charge in [0.2, 0.25) is 11.9 Å². The first-order valence-electron chi connectivity index (χ1n) is 12.6. The summed E-state index contributed by atoms with van der Waals surface area (Å²) in [5.74, 6) is -0.995. The number of nitrogens with zero attached hydrogens (tertiary/aromatic N) is 4. The van der Waals surface area contributed by atoms with Crippen molar-refractivity contribution in [1.82, 2.24) is 24.8 Å². The lowest BCUT2D eigenvalue weighted by molar-refractivity contribution is -0.121. The molecule has 4 aromatic rings. The molecule has 40 heavy (non-hydrogen) atoms. The fourth-order valence-electron chi connectivity index (χ4n) is 4.70. The van der Waals surface area contributed by atoms with Gasteiger partial charge in [-0.05, 0) is 32.2 Å². The molecule has 1 amide bonds. The van der Waals surface area contributed by atoms with E-state index in [0.717, 1.165) is 37.8 Å². The number of rotatable bonds is 7. The lowest BCUT2D eigenvalue weighted by Crippen LogP contribution is -2.51. The van der Waals surface area contributed by atoms with Gasteiger partial charge in [0.1, 0.15) is 4.90 Å². The van der Waals surface area contributed by atoms with Crippen molar-refractivity contribution >= 4 is 55.6 Å². The zero-order chi connectivity index (χ0) is 28.6. The van der Waals surface area contributed by atoms with E-state index in [4.69, 9.17) is 11.6 Å². The van der Waals surface area contributed by atoms with E-state index < -0.39 is 20.5 Å². The minimum Gasteiger partial charge on any atom is -0.359 e. The van der Waals surface area contributed by atoms with Gasteiger partial charge < -0.3 is 20.5 Å². The molecular weight excluding hydrogens is 557 g/mol. The molecule has 0 unspecified atom stereocenters. The number of benzene rings is 2.